The molecule has 0 fully saturated rings. The number of aryl methyl sites for hydroxylation is 1. The van der Waals surface area contributed by atoms with Crippen LogP contribution in [-0.2, 0) is 0 Å². The van der Waals surface area contributed by atoms with Crippen LogP contribution >= 0.6 is 34.3 Å². The van der Waals surface area contributed by atoms with E-state index in [0.29, 0.717) is 20.3 Å². The van der Waals surface area contributed by atoms with Crippen molar-refractivity contribution < 1.29 is 0 Å². The van der Waals surface area contributed by atoms with Gasteiger partial charge in [-0.2, -0.15) is 9.50 Å². The van der Waals surface area contributed by atoms with Crippen molar-refractivity contribution in [1.29, 1.82) is 0 Å². The molecule has 114 valence electrons. The highest BCUT2D eigenvalue weighted by Gasteiger charge is 2.12. The summed E-state index contributed by atoms with van der Waals surface area (Å²) in [6, 6.07) is 9.28. The number of aromatic nitrogens is 3. The van der Waals surface area contributed by atoms with Crippen molar-refractivity contribution in [3.05, 3.63) is 66.1 Å². The smallest absolute Gasteiger partial charge is 0.266 e. The second kappa shape index (κ2) is 5.56. The Labute approximate surface area is 144 Å². The van der Waals surface area contributed by atoms with E-state index in [-0.39, 0.29) is 5.56 Å². The molecule has 0 aliphatic rings. The molecule has 7 heteroatoms. The van der Waals surface area contributed by atoms with E-state index in [4.69, 9.17) is 11.6 Å². The van der Waals surface area contributed by atoms with E-state index in [1.54, 1.807) is 23.5 Å². The molecule has 0 saturated carbocycles. The molecular weight excluding hydrogens is 350 g/mol. The Morgan fingerprint density at radius 1 is 1.22 bits per heavy atom. The maximum absolute atomic E-state index is 12.5. The van der Waals surface area contributed by atoms with E-state index >= 15 is 0 Å². The summed E-state index contributed by atoms with van der Waals surface area (Å²) in [5.41, 5.74) is 1.87. The number of hydrogen-bond acceptors (Lipinski definition) is 5. The summed E-state index contributed by atoms with van der Waals surface area (Å²) in [6.07, 6.45) is 1.91. The molecule has 0 atom stereocenters. The monoisotopic (exact) mass is 359 g/mol. The first kappa shape index (κ1) is 14.6. The van der Waals surface area contributed by atoms with Gasteiger partial charge in [-0.05, 0) is 54.3 Å². The summed E-state index contributed by atoms with van der Waals surface area (Å²) in [4.78, 5) is 18.6. The zero-order valence-corrected chi connectivity index (χ0v) is 14.4. The molecule has 0 radical (unpaired) electrons. The van der Waals surface area contributed by atoms with Crippen molar-refractivity contribution in [3.8, 4) is 11.4 Å². The van der Waals surface area contributed by atoms with Gasteiger partial charge < -0.3 is 0 Å². The second-order valence-electron chi connectivity index (χ2n) is 5.02. The summed E-state index contributed by atoms with van der Waals surface area (Å²) in [7, 11) is 0. The third-order valence-electron chi connectivity index (χ3n) is 3.45. The van der Waals surface area contributed by atoms with Crippen LogP contribution in [-0.4, -0.2) is 14.6 Å². The van der Waals surface area contributed by atoms with E-state index in [1.807, 2.05) is 36.6 Å². The van der Waals surface area contributed by atoms with Gasteiger partial charge in [-0.15, -0.1) is 16.4 Å². The van der Waals surface area contributed by atoms with Crippen LogP contribution in [0.4, 0.5) is 0 Å². The Morgan fingerprint density at radius 3 is 2.65 bits per heavy atom. The predicted octanol–water partition coefficient (Wildman–Crippen LogP) is 3.39. The van der Waals surface area contributed by atoms with Gasteiger partial charge in [-0.3, -0.25) is 4.79 Å². The molecule has 4 nitrogen and oxygen atoms in total. The Bertz CT molecular complexity index is 1110. The molecule has 1 aromatic carbocycles. The van der Waals surface area contributed by atoms with Gasteiger partial charge in [0.15, 0.2) is 5.82 Å². The minimum atomic E-state index is -0.134. The van der Waals surface area contributed by atoms with Crippen LogP contribution in [0, 0.1) is 6.92 Å². The van der Waals surface area contributed by atoms with Crippen molar-refractivity contribution in [2.45, 2.75) is 6.92 Å². The lowest BCUT2D eigenvalue weighted by Crippen LogP contribution is -2.23. The van der Waals surface area contributed by atoms with E-state index in [0.717, 1.165) is 16.0 Å². The van der Waals surface area contributed by atoms with Crippen molar-refractivity contribution in [1.82, 2.24) is 14.6 Å². The number of thiazole rings is 1. The lowest BCUT2D eigenvalue weighted by Gasteiger charge is -1.93. The SMILES string of the molecule is Cc1ccsc1/C=c1/sc2nc(-c3ccc(Cl)cc3)nn2c1=O. The fourth-order valence-electron chi connectivity index (χ4n) is 2.21. The minimum Gasteiger partial charge on any atom is -0.266 e. The summed E-state index contributed by atoms with van der Waals surface area (Å²) in [5, 5.41) is 7.00. The number of halogens is 1. The van der Waals surface area contributed by atoms with Crippen LogP contribution in [0.3, 0.4) is 0 Å². The van der Waals surface area contributed by atoms with Crippen LogP contribution in [0.15, 0.2) is 40.5 Å². The highest BCUT2D eigenvalue weighted by Crippen LogP contribution is 2.19. The second-order valence-corrected chi connectivity index (χ2v) is 7.41. The zero-order chi connectivity index (χ0) is 16.0. The summed E-state index contributed by atoms with van der Waals surface area (Å²) >= 11 is 8.85. The van der Waals surface area contributed by atoms with Gasteiger partial charge in [0.25, 0.3) is 5.56 Å². The van der Waals surface area contributed by atoms with Gasteiger partial charge in [-0.25, -0.2) is 0 Å². The van der Waals surface area contributed by atoms with E-state index in [1.165, 1.54) is 15.9 Å². The zero-order valence-electron chi connectivity index (χ0n) is 12.0. The fourth-order valence-corrected chi connectivity index (χ4v) is 4.16. The maximum atomic E-state index is 12.5. The Kier molecular flexibility index (Phi) is 3.52. The topological polar surface area (TPSA) is 47.3 Å². The summed E-state index contributed by atoms with van der Waals surface area (Å²) in [6.45, 7) is 2.03. The Morgan fingerprint density at radius 2 is 2.00 bits per heavy atom. The Balaban J connectivity index is 1.84. The van der Waals surface area contributed by atoms with E-state index < -0.39 is 0 Å². The lowest BCUT2D eigenvalue weighted by molar-refractivity contribution is 0.937. The lowest BCUT2D eigenvalue weighted by atomic mass is 10.2. The van der Waals surface area contributed by atoms with Crippen molar-refractivity contribution in [2.24, 2.45) is 0 Å². The normalized spacial score (nSPS) is 12.3. The van der Waals surface area contributed by atoms with Crippen LogP contribution in [0.25, 0.3) is 22.4 Å². The number of thiophene rings is 1. The Hall–Kier alpha value is -2.02. The van der Waals surface area contributed by atoms with Gasteiger partial charge in [0, 0.05) is 15.5 Å². The summed E-state index contributed by atoms with van der Waals surface area (Å²) < 4.78 is 2.01. The van der Waals surface area contributed by atoms with Crippen LogP contribution in [0.5, 0.6) is 0 Å². The van der Waals surface area contributed by atoms with Crippen LogP contribution in [0.2, 0.25) is 5.02 Å². The number of nitrogens with zero attached hydrogens (tertiary/aromatic N) is 3. The molecule has 4 aromatic rings. The number of hydrogen-bond donors (Lipinski definition) is 0. The average molecular weight is 360 g/mol. The third kappa shape index (κ3) is 2.59. The molecule has 3 heterocycles. The predicted molar refractivity (Wildman–Crippen MR) is 95.4 cm³/mol. The standard InChI is InChI=1S/C16H10ClN3OS2/c1-9-6-7-22-12(9)8-13-15(21)20-16(23-13)18-14(19-20)10-2-4-11(17)5-3-10/h2-8H,1H3/b13-8+. The summed E-state index contributed by atoms with van der Waals surface area (Å²) in [5.74, 6) is 0.531. The molecule has 0 aliphatic carbocycles. The number of fused-ring (bicyclic) bond motifs is 1. The average Bonchev–Trinajstić information content (AvgIpc) is 3.20. The van der Waals surface area contributed by atoms with E-state index in [9.17, 15) is 4.79 Å². The molecule has 0 bridgehead atoms. The molecule has 23 heavy (non-hydrogen) atoms. The molecule has 0 spiro atoms. The van der Waals surface area contributed by atoms with Crippen molar-refractivity contribution in [3.63, 3.8) is 0 Å². The molecule has 3 aromatic heterocycles. The molecular formula is C16H10ClN3OS2. The van der Waals surface area contributed by atoms with Gasteiger partial charge in [0.05, 0.1) is 4.53 Å². The van der Waals surface area contributed by atoms with Gasteiger partial charge in [0.1, 0.15) is 0 Å². The van der Waals surface area contributed by atoms with Gasteiger partial charge in [-0.1, -0.05) is 22.9 Å². The first-order valence-corrected chi connectivity index (χ1v) is 8.90. The molecule has 0 saturated heterocycles. The van der Waals surface area contributed by atoms with Gasteiger partial charge in [0.2, 0.25) is 4.96 Å². The third-order valence-corrected chi connectivity index (χ3v) is 5.63. The van der Waals surface area contributed by atoms with Crippen LogP contribution in [0.1, 0.15) is 10.4 Å². The first-order valence-electron chi connectivity index (χ1n) is 6.83. The van der Waals surface area contributed by atoms with Crippen molar-refractivity contribution in [2.75, 3.05) is 0 Å². The molecule has 4 rings (SSSR count). The molecule has 0 aliphatic heterocycles. The van der Waals surface area contributed by atoms with Crippen molar-refractivity contribution >= 4 is 45.3 Å². The quantitative estimate of drug-likeness (QED) is 0.551. The largest absolute Gasteiger partial charge is 0.291 e. The van der Waals surface area contributed by atoms with Crippen LogP contribution < -0.4 is 10.1 Å². The molecule has 0 amide bonds. The highest BCUT2D eigenvalue weighted by atomic mass is 35.5. The number of rotatable bonds is 2. The fraction of sp³-hybridized carbons (Fsp3) is 0.0625. The molecule has 0 N–H and O–H groups in total. The highest BCUT2D eigenvalue weighted by molar-refractivity contribution is 7.15. The minimum absolute atomic E-state index is 0.134. The molecule has 0 unspecified atom stereocenters. The number of benzene rings is 1. The maximum Gasteiger partial charge on any atom is 0.291 e. The first-order chi connectivity index (χ1) is 11.1. The van der Waals surface area contributed by atoms with E-state index in [2.05, 4.69) is 10.1 Å². The van der Waals surface area contributed by atoms with Gasteiger partial charge >= 0.3 is 0 Å².